The van der Waals surface area contributed by atoms with Crippen LogP contribution in [0.15, 0.2) is 41.3 Å². The molecule has 2 N–H and O–H groups in total. The van der Waals surface area contributed by atoms with Crippen LogP contribution in [0.4, 0.5) is 0 Å². The van der Waals surface area contributed by atoms with Crippen LogP contribution in [-0.2, 0) is 16.6 Å². The van der Waals surface area contributed by atoms with Crippen LogP contribution in [-0.4, -0.2) is 34.8 Å². The lowest BCUT2D eigenvalue weighted by Crippen LogP contribution is -2.26. The summed E-state index contributed by atoms with van der Waals surface area (Å²) < 4.78 is 42.7. The first kappa shape index (κ1) is 19.0. The SMILES string of the molecule is CCNS(=O)(=O)c1cc(C(=O)NCc2ccc3c(c2)OCO3)ccc1OC. The Labute approximate surface area is 157 Å². The van der Waals surface area contributed by atoms with Gasteiger partial charge in [0.15, 0.2) is 11.5 Å². The molecule has 1 amide bonds. The number of hydrogen-bond donors (Lipinski definition) is 2. The summed E-state index contributed by atoms with van der Waals surface area (Å²) in [6.07, 6.45) is 0. The van der Waals surface area contributed by atoms with E-state index >= 15 is 0 Å². The van der Waals surface area contributed by atoms with Gasteiger partial charge in [0.2, 0.25) is 16.8 Å². The summed E-state index contributed by atoms with van der Waals surface area (Å²) in [5, 5.41) is 2.76. The molecule has 0 spiro atoms. The number of benzene rings is 2. The van der Waals surface area contributed by atoms with E-state index in [1.807, 2.05) is 6.07 Å². The van der Waals surface area contributed by atoms with Crippen molar-refractivity contribution in [3.63, 3.8) is 0 Å². The number of carbonyl (C=O) groups excluding carboxylic acids is 1. The van der Waals surface area contributed by atoms with Gasteiger partial charge in [-0.3, -0.25) is 4.79 Å². The van der Waals surface area contributed by atoms with E-state index in [-0.39, 0.29) is 36.1 Å². The predicted octanol–water partition coefficient (Wildman–Crippen LogP) is 1.65. The third-order valence-electron chi connectivity index (χ3n) is 3.94. The molecule has 3 rings (SSSR count). The fourth-order valence-electron chi connectivity index (χ4n) is 2.63. The average molecular weight is 392 g/mol. The lowest BCUT2D eigenvalue weighted by atomic mass is 10.1. The molecule has 9 heteroatoms. The molecule has 144 valence electrons. The standard InChI is InChI=1S/C18H20N2O6S/c1-3-20-27(22,23)17-9-13(5-7-15(17)24-2)18(21)19-10-12-4-6-14-16(8-12)26-11-25-14/h4-9,20H,3,10-11H2,1-2H3,(H,19,21). The van der Waals surface area contributed by atoms with E-state index in [2.05, 4.69) is 10.0 Å². The minimum absolute atomic E-state index is 0.0809. The van der Waals surface area contributed by atoms with Crippen LogP contribution in [0.25, 0.3) is 0 Å². The number of sulfonamides is 1. The summed E-state index contributed by atoms with van der Waals surface area (Å²) >= 11 is 0. The van der Waals surface area contributed by atoms with Gasteiger partial charge in [-0.15, -0.1) is 0 Å². The Bertz CT molecular complexity index is 958. The van der Waals surface area contributed by atoms with E-state index in [0.717, 1.165) is 5.56 Å². The first-order chi connectivity index (χ1) is 12.9. The number of nitrogens with one attached hydrogen (secondary N) is 2. The maximum atomic E-state index is 12.5. The predicted molar refractivity (Wildman–Crippen MR) is 97.6 cm³/mol. The molecule has 1 aliphatic rings. The molecule has 8 nitrogen and oxygen atoms in total. The van der Waals surface area contributed by atoms with Crippen LogP contribution < -0.4 is 24.2 Å². The number of carbonyl (C=O) groups is 1. The summed E-state index contributed by atoms with van der Waals surface area (Å²) in [5.41, 5.74) is 1.05. The largest absolute Gasteiger partial charge is 0.495 e. The zero-order valence-corrected chi connectivity index (χ0v) is 15.8. The smallest absolute Gasteiger partial charge is 0.251 e. The van der Waals surface area contributed by atoms with Crippen molar-refractivity contribution in [2.24, 2.45) is 0 Å². The minimum atomic E-state index is -3.77. The molecule has 2 aromatic carbocycles. The summed E-state index contributed by atoms with van der Waals surface area (Å²) in [6.45, 7) is 2.34. The maximum absolute atomic E-state index is 12.5. The van der Waals surface area contributed by atoms with Crippen LogP contribution in [0.2, 0.25) is 0 Å². The maximum Gasteiger partial charge on any atom is 0.251 e. The van der Waals surface area contributed by atoms with Gasteiger partial charge in [0, 0.05) is 18.7 Å². The van der Waals surface area contributed by atoms with Gasteiger partial charge in [-0.25, -0.2) is 13.1 Å². The van der Waals surface area contributed by atoms with Crippen LogP contribution in [0.1, 0.15) is 22.8 Å². The van der Waals surface area contributed by atoms with Crippen molar-refractivity contribution < 1.29 is 27.4 Å². The van der Waals surface area contributed by atoms with E-state index in [1.165, 1.54) is 25.3 Å². The van der Waals surface area contributed by atoms with Gasteiger partial charge >= 0.3 is 0 Å². The van der Waals surface area contributed by atoms with E-state index in [0.29, 0.717) is 11.5 Å². The zero-order valence-electron chi connectivity index (χ0n) is 14.9. The van der Waals surface area contributed by atoms with Crippen LogP contribution in [0.5, 0.6) is 17.2 Å². The Hall–Kier alpha value is -2.78. The normalized spacial score (nSPS) is 12.7. The molecule has 0 aliphatic carbocycles. The molecule has 0 saturated heterocycles. The van der Waals surface area contributed by atoms with Crippen LogP contribution >= 0.6 is 0 Å². The molecular weight excluding hydrogens is 372 g/mol. The number of hydrogen-bond acceptors (Lipinski definition) is 6. The van der Waals surface area contributed by atoms with Gasteiger partial charge in [-0.1, -0.05) is 13.0 Å². The van der Waals surface area contributed by atoms with Gasteiger partial charge in [0.1, 0.15) is 10.6 Å². The lowest BCUT2D eigenvalue weighted by Gasteiger charge is -2.12. The second-order valence-corrected chi connectivity index (χ2v) is 7.47. The Morgan fingerprint density at radius 2 is 1.93 bits per heavy atom. The second kappa shape index (κ2) is 7.85. The summed E-state index contributed by atoms with van der Waals surface area (Å²) in [6, 6.07) is 9.66. The molecule has 0 atom stereocenters. The number of rotatable bonds is 7. The molecule has 2 aromatic rings. The highest BCUT2D eigenvalue weighted by atomic mass is 32.2. The third kappa shape index (κ3) is 4.15. The van der Waals surface area contributed by atoms with Gasteiger partial charge in [-0.05, 0) is 35.9 Å². The van der Waals surface area contributed by atoms with Crippen molar-refractivity contribution in [3.8, 4) is 17.2 Å². The van der Waals surface area contributed by atoms with Gasteiger partial charge in [0.05, 0.1) is 7.11 Å². The highest BCUT2D eigenvalue weighted by Gasteiger charge is 2.21. The van der Waals surface area contributed by atoms with Crippen LogP contribution in [0.3, 0.4) is 0 Å². The summed E-state index contributed by atoms with van der Waals surface area (Å²) in [4.78, 5) is 12.4. The molecule has 0 fully saturated rings. The molecule has 0 saturated carbocycles. The minimum Gasteiger partial charge on any atom is -0.495 e. The van der Waals surface area contributed by atoms with Crippen molar-refractivity contribution in [3.05, 3.63) is 47.5 Å². The summed E-state index contributed by atoms with van der Waals surface area (Å²) in [7, 11) is -2.39. The molecule has 1 heterocycles. The first-order valence-corrected chi connectivity index (χ1v) is 9.77. The van der Waals surface area contributed by atoms with E-state index in [9.17, 15) is 13.2 Å². The number of ether oxygens (including phenoxy) is 3. The van der Waals surface area contributed by atoms with Crippen molar-refractivity contribution >= 4 is 15.9 Å². The highest BCUT2D eigenvalue weighted by molar-refractivity contribution is 7.89. The number of methoxy groups -OCH3 is 1. The topological polar surface area (TPSA) is 103 Å². The summed E-state index contributed by atoms with van der Waals surface area (Å²) in [5.74, 6) is 1.07. The molecule has 27 heavy (non-hydrogen) atoms. The van der Waals surface area contributed by atoms with Crippen molar-refractivity contribution in [1.29, 1.82) is 0 Å². The van der Waals surface area contributed by atoms with Crippen molar-refractivity contribution in [1.82, 2.24) is 10.0 Å². The Morgan fingerprint density at radius 3 is 2.67 bits per heavy atom. The molecule has 1 aliphatic heterocycles. The van der Waals surface area contributed by atoms with Crippen molar-refractivity contribution in [2.75, 3.05) is 20.4 Å². The third-order valence-corrected chi connectivity index (χ3v) is 5.51. The number of fused-ring (bicyclic) bond motifs is 1. The first-order valence-electron chi connectivity index (χ1n) is 8.29. The Morgan fingerprint density at radius 1 is 1.15 bits per heavy atom. The highest BCUT2D eigenvalue weighted by Crippen LogP contribution is 2.32. The molecule has 0 aromatic heterocycles. The van der Waals surface area contributed by atoms with Crippen LogP contribution in [0, 0.1) is 0 Å². The van der Waals surface area contributed by atoms with E-state index in [4.69, 9.17) is 14.2 Å². The Kier molecular flexibility index (Phi) is 5.52. The van der Waals surface area contributed by atoms with E-state index < -0.39 is 15.9 Å². The van der Waals surface area contributed by atoms with Gasteiger partial charge < -0.3 is 19.5 Å². The monoisotopic (exact) mass is 392 g/mol. The quantitative estimate of drug-likeness (QED) is 0.743. The fourth-order valence-corrected chi connectivity index (χ4v) is 3.86. The van der Waals surface area contributed by atoms with Gasteiger partial charge in [0.25, 0.3) is 5.91 Å². The van der Waals surface area contributed by atoms with E-state index in [1.54, 1.807) is 19.1 Å². The molecule has 0 unspecified atom stereocenters. The lowest BCUT2D eigenvalue weighted by molar-refractivity contribution is 0.0950. The van der Waals surface area contributed by atoms with Crippen molar-refractivity contribution in [2.45, 2.75) is 18.4 Å². The second-order valence-electron chi connectivity index (χ2n) is 5.74. The Balaban J connectivity index is 1.76. The average Bonchev–Trinajstić information content (AvgIpc) is 3.13. The number of amides is 1. The molecule has 0 bridgehead atoms. The molecule has 0 radical (unpaired) electrons. The zero-order chi connectivity index (χ0) is 19.4. The fraction of sp³-hybridized carbons (Fsp3) is 0.278. The molecular formula is C18H20N2O6S. The van der Waals surface area contributed by atoms with Gasteiger partial charge in [-0.2, -0.15) is 0 Å².